The van der Waals surface area contributed by atoms with Crippen molar-refractivity contribution in [1.29, 1.82) is 0 Å². The molecular formula is C13H7BrClFO2. The van der Waals surface area contributed by atoms with Gasteiger partial charge in [-0.2, -0.15) is 0 Å². The molecule has 0 aliphatic rings. The van der Waals surface area contributed by atoms with Crippen LogP contribution in [-0.2, 0) is 0 Å². The van der Waals surface area contributed by atoms with Crippen LogP contribution in [0.3, 0.4) is 0 Å². The predicted molar refractivity (Wildman–Crippen MR) is 70.5 cm³/mol. The van der Waals surface area contributed by atoms with Crippen LogP contribution in [-0.4, -0.2) is 5.97 Å². The highest BCUT2D eigenvalue weighted by molar-refractivity contribution is 9.10. The van der Waals surface area contributed by atoms with Gasteiger partial charge in [0.2, 0.25) is 0 Å². The van der Waals surface area contributed by atoms with E-state index in [2.05, 4.69) is 15.9 Å². The van der Waals surface area contributed by atoms with Crippen LogP contribution in [0.1, 0.15) is 10.4 Å². The van der Waals surface area contributed by atoms with E-state index in [1.54, 1.807) is 18.2 Å². The second-order valence-electron chi connectivity index (χ2n) is 3.44. The van der Waals surface area contributed by atoms with Gasteiger partial charge >= 0.3 is 5.97 Å². The van der Waals surface area contributed by atoms with Crippen molar-refractivity contribution >= 4 is 33.5 Å². The fraction of sp³-hybridized carbons (Fsp3) is 0. The topological polar surface area (TPSA) is 26.3 Å². The standard InChI is InChI=1S/C13H7BrClFO2/c14-8-5-6-11(16)9(7-8)13(17)18-12-4-2-1-3-10(12)15/h1-7H. The van der Waals surface area contributed by atoms with E-state index in [1.807, 2.05) is 0 Å². The molecule has 2 aromatic carbocycles. The summed E-state index contributed by atoms with van der Waals surface area (Å²) in [7, 11) is 0. The van der Waals surface area contributed by atoms with E-state index >= 15 is 0 Å². The molecule has 0 spiro atoms. The lowest BCUT2D eigenvalue weighted by Crippen LogP contribution is -2.10. The lowest BCUT2D eigenvalue weighted by Gasteiger charge is -2.06. The van der Waals surface area contributed by atoms with E-state index in [0.29, 0.717) is 9.50 Å². The summed E-state index contributed by atoms with van der Waals surface area (Å²) >= 11 is 9.01. The molecule has 0 saturated carbocycles. The lowest BCUT2D eigenvalue weighted by molar-refractivity contribution is 0.0730. The van der Waals surface area contributed by atoms with Crippen molar-refractivity contribution in [2.75, 3.05) is 0 Å². The Morgan fingerprint density at radius 3 is 2.67 bits per heavy atom. The van der Waals surface area contributed by atoms with Crippen molar-refractivity contribution in [2.45, 2.75) is 0 Å². The van der Waals surface area contributed by atoms with E-state index in [4.69, 9.17) is 16.3 Å². The summed E-state index contributed by atoms with van der Waals surface area (Å²) in [5.41, 5.74) is -0.149. The molecule has 0 aliphatic heterocycles. The molecule has 2 rings (SSSR count). The Labute approximate surface area is 116 Å². The maximum Gasteiger partial charge on any atom is 0.346 e. The van der Waals surface area contributed by atoms with Crippen LogP contribution in [0.5, 0.6) is 5.75 Å². The van der Waals surface area contributed by atoms with Gasteiger partial charge in [-0.1, -0.05) is 39.7 Å². The second kappa shape index (κ2) is 5.50. The van der Waals surface area contributed by atoms with E-state index in [9.17, 15) is 9.18 Å². The molecule has 0 atom stereocenters. The Morgan fingerprint density at radius 1 is 1.22 bits per heavy atom. The lowest BCUT2D eigenvalue weighted by atomic mass is 10.2. The Morgan fingerprint density at radius 2 is 1.94 bits per heavy atom. The van der Waals surface area contributed by atoms with E-state index in [1.165, 1.54) is 24.3 Å². The molecule has 0 aliphatic carbocycles. The second-order valence-corrected chi connectivity index (χ2v) is 4.77. The Kier molecular flexibility index (Phi) is 3.99. The predicted octanol–water partition coefficient (Wildman–Crippen LogP) is 4.46. The smallest absolute Gasteiger partial charge is 0.346 e. The summed E-state index contributed by atoms with van der Waals surface area (Å²) in [6.45, 7) is 0. The molecule has 92 valence electrons. The number of esters is 1. The van der Waals surface area contributed by atoms with Gasteiger partial charge in [-0.05, 0) is 30.3 Å². The van der Waals surface area contributed by atoms with Crippen LogP contribution in [0.2, 0.25) is 5.02 Å². The Balaban J connectivity index is 2.28. The Hall–Kier alpha value is -1.39. The number of halogens is 3. The molecule has 0 unspecified atom stereocenters. The van der Waals surface area contributed by atoms with Crippen LogP contribution in [0, 0.1) is 5.82 Å². The van der Waals surface area contributed by atoms with Crippen molar-refractivity contribution in [3.8, 4) is 5.75 Å². The molecule has 0 aromatic heterocycles. The molecule has 0 saturated heterocycles. The molecule has 0 fully saturated rings. The number of ether oxygens (including phenoxy) is 1. The van der Waals surface area contributed by atoms with Crippen LogP contribution >= 0.6 is 27.5 Å². The molecule has 2 aromatic rings. The zero-order valence-electron chi connectivity index (χ0n) is 8.99. The summed E-state index contributed by atoms with van der Waals surface area (Å²) in [5.74, 6) is -1.24. The third-order valence-corrected chi connectivity index (χ3v) is 2.99. The van der Waals surface area contributed by atoms with Gasteiger partial charge in [-0.15, -0.1) is 0 Å². The van der Waals surface area contributed by atoms with E-state index in [-0.39, 0.29) is 11.3 Å². The maximum absolute atomic E-state index is 13.5. The normalized spacial score (nSPS) is 10.2. The zero-order chi connectivity index (χ0) is 13.1. The number of carbonyl (C=O) groups is 1. The van der Waals surface area contributed by atoms with Crippen LogP contribution < -0.4 is 4.74 Å². The highest BCUT2D eigenvalue weighted by Crippen LogP contribution is 2.25. The van der Waals surface area contributed by atoms with E-state index < -0.39 is 11.8 Å². The summed E-state index contributed by atoms with van der Waals surface area (Å²) in [6, 6.07) is 10.5. The summed E-state index contributed by atoms with van der Waals surface area (Å²) in [4.78, 5) is 11.8. The molecule has 0 bridgehead atoms. The number of benzene rings is 2. The molecule has 18 heavy (non-hydrogen) atoms. The first-order chi connectivity index (χ1) is 8.58. The minimum absolute atomic E-state index is 0.149. The number of carbonyl (C=O) groups excluding carboxylic acids is 1. The SMILES string of the molecule is O=C(Oc1ccccc1Cl)c1cc(Br)ccc1F. The van der Waals surface area contributed by atoms with Gasteiger partial charge in [0.05, 0.1) is 10.6 Å². The van der Waals surface area contributed by atoms with Gasteiger partial charge in [0, 0.05) is 4.47 Å². The quantitative estimate of drug-likeness (QED) is 0.600. The van der Waals surface area contributed by atoms with Gasteiger partial charge < -0.3 is 4.74 Å². The highest BCUT2D eigenvalue weighted by Gasteiger charge is 2.15. The third kappa shape index (κ3) is 2.89. The van der Waals surface area contributed by atoms with Gasteiger partial charge in [-0.3, -0.25) is 0 Å². The van der Waals surface area contributed by atoms with Gasteiger partial charge in [0.15, 0.2) is 0 Å². The fourth-order valence-electron chi connectivity index (χ4n) is 1.34. The first-order valence-electron chi connectivity index (χ1n) is 4.99. The van der Waals surface area contributed by atoms with Gasteiger partial charge in [0.25, 0.3) is 0 Å². The highest BCUT2D eigenvalue weighted by atomic mass is 79.9. The van der Waals surface area contributed by atoms with Gasteiger partial charge in [-0.25, -0.2) is 9.18 Å². The van der Waals surface area contributed by atoms with Crippen molar-refractivity contribution in [3.63, 3.8) is 0 Å². The summed E-state index contributed by atoms with van der Waals surface area (Å²) in [5, 5.41) is 0.293. The maximum atomic E-state index is 13.5. The molecule has 0 amide bonds. The Bertz CT molecular complexity index is 601. The number of hydrogen-bond acceptors (Lipinski definition) is 2. The average molecular weight is 330 g/mol. The average Bonchev–Trinajstić information content (AvgIpc) is 2.35. The van der Waals surface area contributed by atoms with Crippen molar-refractivity contribution < 1.29 is 13.9 Å². The van der Waals surface area contributed by atoms with Crippen molar-refractivity contribution in [3.05, 3.63) is 63.3 Å². The van der Waals surface area contributed by atoms with Crippen LogP contribution in [0.25, 0.3) is 0 Å². The summed E-state index contributed by atoms with van der Waals surface area (Å²) < 4.78 is 19.1. The zero-order valence-corrected chi connectivity index (χ0v) is 11.3. The number of hydrogen-bond donors (Lipinski definition) is 0. The minimum Gasteiger partial charge on any atom is -0.421 e. The summed E-state index contributed by atoms with van der Waals surface area (Å²) in [6.07, 6.45) is 0. The van der Waals surface area contributed by atoms with E-state index in [0.717, 1.165) is 0 Å². The molecule has 2 nitrogen and oxygen atoms in total. The van der Waals surface area contributed by atoms with Crippen LogP contribution in [0.4, 0.5) is 4.39 Å². The monoisotopic (exact) mass is 328 g/mol. The molecule has 0 heterocycles. The molecule has 0 N–H and O–H groups in total. The molecular weight excluding hydrogens is 322 g/mol. The van der Waals surface area contributed by atoms with Gasteiger partial charge in [0.1, 0.15) is 11.6 Å². The minimum atomic E-state index is -0.790. The first-order valence-corrected chi connectivity index (χ1v) is 6.17. The fourth-order valence-corrected chi connectivity index (χ4v) is 1.87. The first kappa shape index (κ1) is 13.1. The number of rotatable bonds is 2. The largest absolute Gasteiger partial charge is 0.421 e. The van der Waals surface area contributed by atoms with Crippen LogP contribution in [0.15, 0.2) is 46.9 Å². The van der Waals surface area contributed by atoms with Crippen molar-refractivity contribution in [1.82, 2.24) is 0 Å². The molecule has 5 heteroatoms. The molecule has 0 radical (unpaired) electrons. The van der Waals surface area contributed by atoms with Crippen molar-refractivity contribution in [2.24, 2.45) is 0 Å². The third-order valence-electron chi connectivity index (χ3n) is 2.19. The number of para-hydroxylation sites is 1.